The van der Waals surface area contributed by atoms with E-state index in [0.717, 1.165) is 16.3 Å². The Kier molecular flexibility index (Phi) is 3.93. The van der Waals surface area contributed by atoms with E-state index in [9.17, 15) is 5.11 Å². The number of hydrogen-bond acceptors (Lipinski definition) is 2. The summed E-state index contributed by atoms with van der Waals surface area (Å²) >= 11 is 19.5. The molecule has 1 unspecified atom stereocenters. The SMILES string of the molecule is OC(c1cc(Cl)sc1Cl)c1ccc(Cl)c2ccccc12. The number of thiophene rings is 1. The smallest absolute Gasteiger partial charge is 0.107 e. The number of aliphatic hydroxyl groups is 1. The van der Waals surface area contributed by atoms with Crippen molar-refractivity contribution in [3.63, 3.8) is 0 Å². The first kappa shape index (κ1) is 14.2. The molecule has 0 spiro atoms. The van der Waals surface area contributed by atoms with Gasteiger partial charge >= 0.3 is 0 Å². The van der Waals surface area contributed by atoms with Crippen molar-refractivity contribution in [2.45, 2.75) is 6.10 Å². The molecule has 0 aliphatic carbocycles. The lowest BCUT2D eigenvalue weighted by molar-refractivity contribution is 0.222. The summed E-state index contributed by atoms with van der Waals surface area (Å²) in [4.78, 5) is 0. The van der Waals surface area contributed by atoms with Gasteiger partial charge in [0.15, 0.2) is 0 Å². The minimum atomic E-state index is -0.826. The van der Waals surface area contributed by atoms with Crippen LogP contribution in [-0.4, -0.2) is 5.11 Å². The van der Waals surface area contributed by atoms with Gasteiger partial charge in [-0.05, 0) is 23.1 Å². The van der Waals surface area contributed by atoms with E-state index in [1.54, 1.807) is 12.1 Å². The van der Waals surface area contributed by atoms with Gasteiger partial charge in [0, 0.05) is 16.0 Å². The molecule has 5 heteroatoms. The third-order valence-corrected chi connectivity index (χ3v) is 5.02. The molecule has 0 saturated carbocycles. The Hall–Kier alpha value is -0.770. The summed E-state index contributed by atoms with van der Waals surface area (Å²) in [7, 11) is 0. The molecule has 0 bridgehead atoms. The summed E-state index contributed by atoms with van der Waals surface area (Å²) in [6.07, 6.45) is -0.826. The molecule has 2 aromatic carbocycles. The second-order valence-corrected chi connectivity index (χ2v) is 7.06. The maximum atomic E-state index is 10.6. The number of aliphatic hydroxyl groups excluding tert-OH is 1. The predicted octanol–water partition coefficient (Wildman–Crippen LogP) is 5.94. The van der Waals surface area contributed by atoms with Gasteiger partial charge in [0.05, 0.1) is 4.34 Å². The number of rotatable bonds is 2. The summed E-state index contributed by atoms with van der Waals surface area (Å²) in [5.41, 5.74) is 1.38. The molecule has 1 N–H and O–H groups in total. The van der Waals surface area contributed by atoms with Crippen LogP contribution in [0.3, 0.4) is 0 Å². The van der Waals surface area contributed by atoms with Crippen LogP contribution in [0.2, 0.25) is 13.7 Å². The van der Waals surface area contributed by atoms with Crippen molar-refractivity contribution < 1.29 is 5.11 Å². The Labute approximate surface area is 135 Å². The second kappa shape index (κ2) is 5.55. The zero-order valence-electron chi connectivity index (χ0n) is 10.1. The molecule has 0 radical (unpaired) electrons. The molecule has 1 nitrogen and oxygen atoms in total. The first-order chi connectivity index (χ1) is 9.58. The van der Waals surface area contributed by atoms with Crippen LogP contribution in [0.5, 0.6) is 0 Å². The lowest BCUT2D eigenvalue weighted by atomic mass is 9.97. The van der Waals surface area contributed by atoms with Crippen molar-refractivity contribution in [3.8, 4) is 0 Å². The second-order valence-electron chi connectivity index (χ2n) is 4.36. The van der Waals surface area contributed by atoms with E-state index >= 15 is 0 Å². The van der Waals surface area contributed by atoms with Crippen LogP contribution in [0.1, 0.15) is 17.2 Å². The third-order valence-electron chi connectivity index (χ3n) is 3.18. The largest absolute Gasteiger partial charge is 0.384 e. The standard InChI is InChI=1S/C15H9Cl3OS/c16-12-6-5-10(8-3-1-2-4-9(8)12)14(19)11-7-13(17)20-15(11)18/h1-7,14,19H. The topological polar surface area (TPSA) is 20.2 Å². The predicted molar refractivity (Wildman–Crippen MR) is 87.4 cm³/mol. The lowest BCUT2D eigenvalue weighted by Crippen LogP contribution is -1.99. The first-order valence-corrected chi connectivity index (χ1v) is 7.83. The van der Waals surface area contributed by atoms with E-state index in [1.165, 1.54) is 11.3 Å². The molecular weight excluding hydrogens is 335 g/mol. The highest BCUT2D eigenvalue weighted by Crippen LogP contribution is 2.40. The lowest BCUT2D eigenvalue weighted by Gasteiger charge is -2.14. The van der Waals surface area contributed by atoms with Crippen LogP contribution in [0.15, 0.2) is 42.5 Å². The minimum Gasteiger partial charge on any atom is -0.384 e. The molecule has 1 heterocycles. The number of fused-ring (bicyclic) bond motifs is 1. The minimum absolute atomic E-state index is 0.501. The summed E-state index contributed by atoms with van der Waals surface area (Å²) in [6.45, 7) is 0. The van der Waals surface area contributed by atoms with Gasteiger partial charge in [0.1, 0.15) is 10.4 Å². The van der Waals surface area contributed by atoms with E-state index in [4.69, 9.17) is 34.8 Å². The van der Waals surface area contributed by atoms with Crippen LogP contribution >= 0.6 is 46.1 Å². The molecule has 3 aromatic rings. The summed E-state index contributed by atoms with van der Waals surface area (Å²) in [6, 6.07) is 13.0. The Morgan fingerprint density at radius 2 is 1.60 bits per heavy atom. The normalized spacial score (nSPS) is 12.8. The molecule has 1 atom stereocenters. The first-order valence-electron chi connectivity index (χ1n) is 5.88. The van der Waals surface area contributed by atoms with Crippen molar-refractivity contribution in [3.05, 3.63) is 67.3 Å². The van der Waals surface area contributed by atoms with Crippen LogP contribution in [0.25, 0.3) is 10.8 Å². The van der Waals surface area contributed by atoms with Gasteiger partial charge in [-0.3, -0.25) is 0 Å². The van der Waals surface area contributed by atoms with Gasteiger partial charge in [0.25, 0.3) is 0 Å². The summed E-state index contributed by atoms with van der Waals surface area (Å²) in [5.74, 6) is 0. The quantitative estimate of drug-likeness (QED) is 0.610. The Morgan fingerprint density at radius 3 is 2.25 bits per heavy atom. The van der Waals surface area contributed by atoms with Crippen molar-refractivity contribution in [2.24, 2.45) is 0 Å². The summed E-state index contributed by atoms with van der Waals surface area (Å²) < 4.78 is 1.06. The van der Waals surface area contributed by atoms with Crippen LogP contribution in [0.4, 0.5) is 0 Å². The maximum absolute atomic E-state index is 10.6. The van der Waals surface area contributed by atoms with Crippen molar-refractivity contribution in [2.75, 3.05) is 0 Å². The van der Waals surface area contributed by atoms with E-state index in [-0.39, 0.29) is 0 Å². The van der Waals surface area contributed by atoms with Crippen molar-refractivity contribution in [1.82, 2.24) is 0 Å². The molecule has 0 aliphatic rings. The zero-order valence-corrected chi connectivity index (χ0v) is 13.2. The average molecular weight is 344 g/mol. The Morgan fingerprint density at radius 1 is 0.900 bits per heavy atom. The fraction of sp³-hybridized carbons (Fsp3) is 0.0667. The molecule has 20 heavy (non-hydrogen) atoms. The van der Waals surface area contributed by atoms with Crippen molar-refractivity contribution >= 4 is 56.9 Å². The molecule has 102 valence electrons. The third kappa shape index (κ3) is 2.43. The number of halogens is 3. The van der Waals surface area contributed by atoms with Crippen LogP contribution in [0, 0.1) is 0 Å². The van der Waals surface area contributed by atoms with E-state index < -0.39 is 6.10 Å². The highest BCUT2D eigenvalue weighted by molar-refractivity contribution is 7.20. The van der Waals surface area contributed by atoms with E-state index in [1.807, 2.05) is 30.3 Å². The van der Waals surface area contributed by atoms with Crippen LogP contribution in [-0.2, 0) is 0 Å². The van der Waals surface area contributed by atoms with E-state index in [0.29, 0.717) is 19.3 Å². The van der Waals surface area contributed by atoms with Gasteiger partial charge in [-0.2, -0.15) is 0 Å². The molecule has 3 rings (SSSR count). The Bertz CT molecular complexity index is 782. The van der Waals surface area contributed by atoms with Crippen molar-refractivity contribution in [1.29, 1.82) is 0 Å². The monoisotopic (exact) mass is 342 g/mol. The fourth-order valence-electron chi connectivity index (χ4n) is 2.23. The average Bonchev–Trinajstić information content (AvgIpc) is 2.78. The molecule has 0 saturated heterocycles. The zero-order chi connectivity index (χ0) is 14.3. The van der Waals surface area contributed by atoms with E-state index in [2.05, 4.69) is 0 Å². The van der Waals surface area contributed by atoms with Gasteiger partial charge < -0.3 is 5.11 Å². The highest BCUT2D eigenvalue weighted by Gasteiger charge is 2.19. The molecule has 0 fully saturated rings. The Balaban J connectivity index is 2.20. The van der Waals surface area contributed by atoms with Gasteiger partial charge in [0.2, 0.25) is 0 Å². The maximum Gasteiger partial charge on any atom is 0.107 e. The number of benzene rings is 2. The molecule has 0 aliphatic heterocycles. The highest BCUT2D eigenvalue weighted by atomic mass is 35.5. The van der Waals surface area contributed by atoms with Gasteiger partial charge in [-0.15, -0.1) is 11.3 Å². The summed E-state index contributed by atoms with van der Waals surface area (Å²) in [5, 5.41) is 13.1. The molecule has 0 amide bonds. The fourth-order valence-corrected chi connectivity index (χ4v) is 3.98. The van der Waals surface area contributed by atoms with Gasteiger partial charge in [-0.1, -0.05) is 65.1 Å². The van der Waals surface area contributed by atoms with Gasteiger partial charge in [-0.25, -0.2) is 0 Å². The van der Waals surface area contributed by atoms with Crippen LogP contribution < -0.4 is 0 Å². The molecule has 1 aromatic heterocycles. The number of hydrogen-bond donors (Lipinski definition) is 1. The molecular formula is C15H9Cl3OS.